The Morgan fingerprint density at radius 3 is 2.56 bits per heavy atom. The molecule has 2 N–H and O–H groups in total. The monoisotopic (exact) mass is 576 g/mol. The molecule has 220 valence electrons. The summed E-state index contributed by atoms with van der Waals surface area (Å²) in [7, 11) is 0. The quantitative estimate of drug-likeness (QED) is 0.451. The number of fused-ring (bicyclic) bond motifs is 1. The summed E-state index contributed by atoms with van der Waals surface area (Å²) in [6, 6.07) is 9.21. The van der Waals surface area contributed by atoms with Gasteiger partial charge in [0, 0.05) is 68.4 Å². The second kappa shape index (κ2) is 11.5. The topological polar surface area (TPSA) is 64.7 Å². The molecule has 11 heteroatoms. The highest BCUT2D eigenvalue weighted by Crippen LogP contribution is 2.40. The van der Waals surface area contributed by atoms with Gasteiger partial charge in [0.15, 0.2) is 0 Å². The van der Waals surface area contributed by atoms with Crippen molar-refractivity contribution in [2.24, 2.45) is 5.92 Å². The third-order valence-corrected chi connectivity index (χ3v) is 8.12. The smallest absolute Gasteiger partial charge is 0.368 e. The zero-order valence-corrected chi connectivity index (χ0v) is 22.9. The Hall–Kier alpha value is -3.31. The van der Waals surface area contributed by atoms with Gasteiger partial charge in [0.1, 0.15) is 17.4 Å². The summed E-state index contributed by atoms with van der Waals surface area (Å²) >= 11 is 0. The highest BCUT2D eigenvalue weighted by Gasteiger charge is 2.44. The molecule has 1 saturated carbocycles. The Morgan fingerprint density at radius 1 is 1.15 bits per heavy atom. The van der Waals surface area contributed by atoms with Gasteiger partial charge in [-0.1, -0.05) is 24.3 Å². The van der Waals surface area contributed by atoms with Crippen molar-refractivity contribution < 1.29 is 31.5 Å². The zero-order chi connectivity index (χ0) is 29.5. The second-order valence-corrected chi connectivity index (χ2v) is 11.2. The lowest BCUT2D eigenvalue weighted by Gasteiger charge is -2.42. The van der Waals surface area contributed by atoms with Crippen LogP contribution in [0.25, 0.3) is 5.57 Å². The number of carbonyl (C=O) groups excluding carboxylic acids is 2. The Morgan fingerprint density at radius 2 is 1.88 bits per heavy atom. The molecule has 4 atom stereocenters. The van der Waals surface area contributed by atoms with E-state index < -0.39 is 48.6 Å². The van der Waals surface area contributed by atoms with Gasteiger partial charge in [-0.15, -0.1) is 0 Å². The number of piperazine rings is 1. The molecule has 5 rings (SSSR count). The molecule has 0 radical (unpaired) electrons. The molecule has 2 aromatic carbocycles. The molecule has 0 spiro atoms. The fraction of sp³-hybridized carbons (Fsp3) is 0.467. The highest BCUT2D eigenvalue weighted by molar-refractivity contribution is 6.21. The van der Waals surface area contributed by atoms with Crippen molar-refractivity contribution in [2.75, 3.05) is 26.2 Å². The first-order valence-electron chi connectivity index (χ1n) is 13.8. The van der Waals surface area contributed by atoms with Crippen molar-refractivity contribution in [1.82, 2.24) is 20.4 Å². The van der Waals surface area contributed by atoms with Crippen LogP contribution in [0.15, 0.2) is 48.2 Å². The highest BCUT2D eigenvalue weighted by atomic mass is 19.4. The number of nitrogens with zero attached hydrogens (tertiary/aromatic N) is 2. The minimum Gasteiger partial charge on any atom is -0.368 e. The first kappa shape index (κ1) is 29.2. The molecule has 2 aromatic rings. The molecule has 1 amide bonds. The number of benzene rings is 2. The fourth-order valence-electron chi connectivity index (χ4n) is 5.76. The number of alkyl halides is 3. The normalized spacial score (nSPS) is 23.8. The number of halogens is 5. The lowest BCUT2D eigenvalue weighted by Crippen LogP contribution is -2.55. The van der Waals surface area contributed by atoms with Crippen LogP contribution < -0.4 is 10.6 Å². The van der Waals surface area contributed by atoms with E-state index in [1.165, 1.54) is 35.2 Å². The third-order valence-electron chi connectivity index (χ3n) is 8.12. The molecule has 2 fully saturated rings. The number of carbonyl (C=O) groups is 2. The largest absolute Gasteiger partial charge is 0.390 e. The predicted molar refractivity (Wildman–Crippen MR) is 143 cm³/mol. The first-order valence-corrected chi connectivity index (χ1v) is 13.8. The van der Waals surface area contributed by atoms with Gasteiger partial charge in [0.25, 0.3) is 5.91 Å². The van der Waals surface area contributed by atoms with Crippen molar-refractivity contribution in [2.45, 2.75) is 57.5 Å². The molecule has 6 nitrogen and oxygen atoms in total. The Bertz CT molecular complexity index is 1360. The van der Waals surface area contributed by atoms with E-state index in [0.717, 1.165) is 0 Å². The Kier molecular flexibility index (Phi) is 8.20. The second-order valence-electron chi connectivity index (χ2n) is 11.2. The van der Waals surface area contributed by atoms with Gasteiger partial charge in [-0.05, 0) is 43.2 Å². The van der Waals surface area contributed by atoms with Crippen molar-refractivity contribution in [1.29, 1.82) is 0 Å². The van der Waals surface area contributed by atoms with Crippen LogP contribution in [-0.2, 0) is 16.1 Å². The molecule has 0 aromatic heterocycles. The van der Waals surface area contributed by atoms with Gasteiger partial charge in [-0.25, -0.2) is 8.78 Å². The lowest BCUT2D eigenvalue weighted by molar-refractivity contribution is -0.137. The van der Waals surface area contributed by atoms with Crippen LogP contribution in [0.2, 0.25) is 0 Å². The van der Waals surface area contributed by atoms with Gasteiger partial charge in [-0.2, -0.15) is 13.2 Å². The number of rotatable bonds is 8. The van der Waals surface area contributed by atoms with Gasteiger partial charge in [0.05, 0.1) is 18.0 Å². The van der Waals surface area contributed by atoms with E-state index in [0.29, 0.717) is 29.9 Å². The maximum Gasteiger partial charge on any atom is 0.390 e. The van der Waals surface area contributed by atoms with E-state index in [4.69, 9.17) is 0 Å². The summed E-state index contributed by atoms with van der Waals surface area (Å²) in [4.78, 5) is 29.9. The summed E-state index contributed by atoms with van der Waals surface area (Å²) < 4.78 is 69.4. The average molecular weight is 577 g/mol. The molecule has 3 aliphatic rings. The Balaban J connectivity index is 1.59. The maximum atomic E-state index is 15.1. The van der Waals surface area contributed by atoms with E-state index in [-0.39, 0.29) is 48.5 Å². The van der Waals surface area contributed by atoms with E-state index in [9.17, 15) is 27.2 Å². The summed E-state index contributed by atoms with van der Waals surface area (Å²) in [6.45, 7) is 4.87. The van der Waals surface area contributed by atoms with E-state index in [2.05, 4.69) is 15.5 Å². The zero-order valence-electron chi connectivity index (χ0n) is 22.9. The first-order chi connectivity index (χ1) is 19.4. The third kappa shape index (κ3) is 6.62. The van der Waals surface area contributed by atoms with E-state index in [1.807, 2.05) is 13.8 Å². The fourth-order valence-corrected chi connectivity index (χ4v) is 5.76. The van der Waals surface area contributed by atoms with Crippen molar-refractivity contribution >= 4 is 17.3 Å². The molecule has 1 saturated heterocycles. The molecular formula is C30H33F5N4O2. The number of amides is 1. The van der Waals surface area contributed by atoms with Crippen molar-refractivity contribution in [3.63, 3.8) is 0 Å². The van der Waals surface area contributed by atoms with E-state index in [1.54, 1.807) is 12.1 Å². The summed E-state index contributed by atoms with van der Waals surface area (Å²) in [5.74, 6) is -2.42. The van der Waals surface area contributed by atoms with Gasteiger partial charge in [-0.3, -0.25) is 14.5 Å². The van der Waals surface area contributed by atoms with Crippen LogP contribution in [0, 0.1) is 17.6 Å². The minimum atomic E-state index is -4.45. The van der Waals surface area contributed by atoms with Gasteiger partial charge < -0.3 is 15.5 Å². The van der Waals surface area contributed by atoms with Crippen LogP contribution in [-0.4, -0.2) is 65.9 Å². The van der Waals surface area contributed by atoms with Crippen LogP contribution >= 0.6 is 0 Å². The number of Topliss-reactive ketones (excluding diaryl/α,β-unsaturated/α-hetero) is 1. The average Bonchev–Trinajstić information content (AvgIpc) is 3.63. The molecule has 1 aliphatic carbocycles. The standard InChI is InChI=1S/C30H33F5N4O2/c1-17-14-39(18(2)13-36-17)16-25-27(21-7-4-8-24(32)23(21)15-38(25)10-9-30(33,34)35)29(41)37-28(22-12-26(22)40)19-5-3-6-20(31)11-19/h3-8,11,17-18,22,28,36H,9-10,12-16H2,1-2H3,(H,37,41)/t17-,18+,22?,28+/m0/s1. The molecule has 2 heterocycles. The van der Waals surface area contributed by atoms with Crippen LogP contribution in [0.4, 0.5) is 22.0 Å². The Labute approximate surface area is 235 Å². The predicted octanol–water partition coefficient (Wildman–Crippen LogP) is 4.57. The molecule has 2 aliphatic heterocycles. The van der Waals surface area contributed by atoms with Crippen molar-refractivity contribution in [3.8, 4) is 0 Å². The lowest BCUT2D eigenvalue weighted by atomic mass is 9.90. The maximum absolute atomic E-state index is 15.1. The van der Waals surface area contributed by atoms with Crippen LogP contribution in [0.1, 0.15) is 49.4 Å². The minimum absolute atomic E-state index is 0.0329. The molecule has 0 bridgehead atoms. The summed E-state index contributed by atoms with van der Waals surface area (Å²) in [6.07, 6.45) is -5.37. The van der Waals surface area contributed by atoms with Crippen molar-refractivity contribution in [3.05, 3.63) is 76.5 Å². The number of ketones is 1. The number of nitrogens with one attached hydrogen (secondary N) is 2. The van der Waals surface area contributed by atoms with Gasteiger partial charge >= 0.3 is 6.18 Å². The summed E-state index contributed by atoms with van der Waals surface area (Å²) in [5, 5.41) is 6.25. The van der Waals surface area contributed by atoms with Gasteiger partial charge in [0.2, 0.25) is 0 Å². The van der Waals surface area contributed by atoms with E-state index >= 15 is 4.39 Å². The SMILES string of the molecule is C[C@@H]1CN[C@@H](C)CN1CC1=C(C(=O)N[C@H](c2cccc(F)c2)C2CC2=O)c2cccc(F)c2CN1CCC(F)(F)F. The molecular weight excluding hydrogens is 543 g/mol. The molecule has 1 unspecified atom stereocenters. The van der Waals surface area contributed by atoms with Crippen LogP contribution in [0.3, 0.4) is 0 Å². The number of hydrogen-bond acceptors (Lipinski definition) is 5. The molecule has 41 heavy (non-hydrogen) atoms. The summed E-state index contributed by atoms with van der Waals surface area (Å²) in [5.41, 5.74) is 1.28. The van der Waals surface area contributed by atoms with Crippen LogP contribution in [0.5, 0.6) is 0 Å². The number of hydrogen-bond donors (Lipinski definition) is 2.